The van der Waals surface area contributed by atoms with E-state index < -0.39 is 11.6 Å². The SMILES string of the molecule is CCCC(CC)(OC)ONC(=Cc1cccnc1)c1ccc(F)cc1Cl. The highest BCUT2D eigenvalue weighted by atomic mass is 35.5. The minimum Gasteiger partial charge on any atom is -0.351 e. The summed E-state index contributed by atoms with van der Waals surface area (Å²) < 4.78 is 19.0. The molecule has 1 unspecified atom stereocenters. The molecule has 0 aliphatic heterocycles. The minimum absolute atomic E-state index is 0.284. The predicted octanol–water partition coefficient (Wildman–Crippen LogP) is 5.45. The van der Waals surface area contributed by atoms with Crippen LogP contribution in [0.3, 0.4) is 0 Å². The number of aromatic nitrogens is 1. The van der Waals surface area contributed by atoms with Gasteiger partial charge in [-0.3, -0.25) is 10.5 Å². The van der Waals surface area contributed by atoms with Gasteiger partial charge in [0.25, 0.3) is 0 Å². The molecular weight excluding hydrogens is 355 g/mol. The average Bonchev–Trinajstić information content (AvgIpc) is 2.65. The molecular formula is C20H24ClFN2O2. The van der Waals surface area contributed by atoms with Gasteiger partial charge in [0, 0.05) is 37.9 Å². The molecule has 140 valence electrons. The molecule has 0 radical (unpaired) electrons. The summed E-state index contributed by atoms with van der Waals surface area (Å²) in [4.78, 5) is 10.0. The van der Waals surface area contributed by atoms with Crippen molar-refractivity contribution in [3.63, 3.8) is 0 Å². The van der Waals surface area contributed by atoms with Gasteiger partial charge in [0.1, 0.15) is 5.82 Å². The van der Waals surface area contributed by atoms with Crippen molar-refractivity contribution in [1.82, 2.24) is 10.5 Å². The Bertz CT molecular complexity index is 734. The molecule has 6 heteroatoms. The Kier molecular flexibility index (Phi) is 7.57. The molecule has 26 heavy (non-hydrogen) atoms. The van der Waals surface area contributed by atoms with Crippen molar-refractivity contribution >= 4 is 23.4 Å². The summed E-state index contributed by atoms with van der Waals surface area (Å²) in [6.45, 7) is 4.06. The second kappa shape index (κ2) is 9.67. The summed E-state index contributed by atoms with van der Waals surface area (Å²) in [5, 5.41) is 0.284. The molecule has 0 fully saturated rings. The third kappa shape index (κ3) is 5.27. The average molecular weight is 379 g/mol. The molecule has 1 aromatic carbocycles. The van der Waals surface area contributed by atoms with Crippen LogP contribution in [0.1, 0.15) is 44.2 Å². The van der Waals surface area contributed by atoms with Gasteiger partial charge in [-0.2, -0.15) is 0 Å². The van der Waals surface area contributed by atoms with Crippen LogP contribution in [0.5, 0.6) is 0 Å². The lowest BCUT2D eigenvalue weighted by Crippen LogP contribution is -2.39. The number of pyridine rings is 1. The van der Waals surface area contributed by atoms with Crippen molar-refractivity contribution in [1.29, 1.82) is 0 Å². The highest BCUT2D eigenvalue weighted by Gasteiger charge is 2.29. The fourth-order valence-electron chi connectivity index (χ4n) is 2.62. The molecule has 0 saturated heterocycles. The molecule has 1 N–H and O–H groups in total. The molecule has 2 rings (SSSR count). The van der Waals surface area contributed by atoms with Crippen molar-refractivity contribution in [3.8, 4) is 0 Å². The molecule has 1 heterocycles. The van der Waals surface area contributed by atoms with Gasteiger partial charge in [-0.05, 0) is 35.9 Å². The van der Waals surface area contributed by atoms with Crippen molar-refractivity contribution in [2.45, 2.75) is 38.9 Å². The lowest BCUT2D eigenvalue weighted by molar-refractivity contribution is -0.250. The zero-order valence-electron chi connectivity index (χ0n) is 15.3. The number of hydroxylamine groups is 1. The number of methoxy groups -OCH3 is 1. The fraction of sp³-hybridized carbons (Fsp3) is 0.350. The quantitative estimate of drug-likeness (QED) is 0.465. The smallest absolute Gasteiger partial charge is 0.193 e. The van der Waals surface area contributed by atoms with E-state index in [1.54, 1.807) is 25.6 Å². The Morgan fingerprint density at radius 2 is 2.15 bits per heavy atom. The molecule has 0 aliphatic rings. The number of benzene rings is 1. The van der Waals surface area contributed by atoms with E-state index in [1.807, 2.05) is 25.1 Å². The van der Waals surface area contributed by atoms with E-state index in [9.17, 15) is 4.39 Å². The highest BCUT2D eigenvalue weighted by Crippen LogP contribution is 2.28. The first-order valence-corrected chi connectivity index (χ1v) is 8.97. The van der Waals surface area contributed by atoms with Crippen LogP contribution < -0.4 is 5.48 Å². The molecule has 2 aromatic rings. The molecule has 1 aromatic heterocycles. The maximum Gasteiger partial charge on any atom is 0.193 e. The van der Waals surface area contributed by atoms with Crippen LogP contribution in [0, 0.1) is 5.82 Å². The van der Waals surface area contributed by atoms with Gasteiger partial charge in [0.05, 0.1) is 10.7 Å². The predicted molar refractivity (Wildman–Crippen MR) is 103 cm³/mol. The van der Waals surface area contributed by atoms with E-state index >= 15 is 0 Å². The van der Waals surface area contributed by atoms with Gasteiger partial charge in [0.15, 0.2) is 5.79 Å². The fourth-order valence-corrected chi connectivity index (χ4v) is 2.88. The topological polar surface area (TPSA) is 43.4 Å². The first kappa shape index (κ1) is 20.4. The van der Waals surface area contributed by atoms with E-state index in [-0.39, 0.29) is 5.02 Å². The second-order valence-corrected chi connectivity index (χ2v) is 6.30. The molecule has 4 nitrogen and oxygen atoms in total. The van der Waals surface area contributed by atoms with Crippen LogP contribution in [0.4, 0.5) is 4.39 Å². The normalized spacial score (nSPS) is 14.1. The van der Waals surface area contributed by atoms with E-state index in [4.69, 9.17) is 21.2 Å². The number of nitrogens with one attached hydrogen (secondary N) is 1. The van der Waals surface area contributed by atoms with Crippen LogP contribution >= 0.6 is 11.6 Å². The Hall–Kier alpha value is -1.95. The lowest BCUT2D eigenvalue weighted by atomic mass is 10.1. The Balaban J connectivity index is 2.36. The summed E-state index contributed by atoms with van der Waals surface area (Å²) in [5.74, 6) is -1.15. The number of nitrogens with zero attached hydrogens (tertiary/aromatic N) is 1. The van der Waals surface area contributed by atoms with Gasteiger partial charge in [-0.25, -0.2) is 9.23 Å². The second-order valence-electron chi connectivity index (χ2n) is 5.89. The summed E-state index contributed by atoms with van der Waals surface area (Å²) in [7, 11) is 1.62. The number of halogens is 2. The summed E-state index contributed by atoms with van der Waals surface area (Å²) in [6, 6.07) is 7.97. The van der Waals surface area contributed by atoms with Gasteiger partial charge in [-0.15, -0.1) is 0 Å². The lowest BCUT2D eigenvalue weighted by Gasteiger charge is -2.31. The Labute approximate surface area is 159 Å². The van der Waals surface area contributed by atoms with Crippen LogP contribution in [-0.4, -0.2) is 17.9 Å². The zero-order chi connectivity index (χ0) is 19.0. The summed E-state index contributed by atoms with van der Waals surface area (Å²) in [6.07, 6.45) is 7.55. The standard InChI is InChI=1S/C20H24ClFN2O2/c1-4-10-20(5-2,25-3)26-24-19(12-15-7-6-11-23-14-15)17-9-8-16(22)13-18(17)21/h6-9,11-14,24H,4-5,10H2,1-3H3. The number of hydrogen-bond acceptors (Lipinski definition) is 4. The number of ether oxygens (including phenoxy) is 1. The van der Waals surface area contributed by atoms with Crippen LogP contribution in [-0.2, 0) is 9.57 Å². The third-order valence-electron chi connectivity index (χ3n) is 4.11. The van der Waals surface area contributed by atoms with Crippen LogP contribution in [0.25, 0.3) is 11.8 Å². The van der Waals surface area contributed by atoms with Crippen molar-refractivity contribution in [2.75, 3.05) is 7.11 Å². The number of hydrogen-bond donors (Lipinski definition) is 1. The molecule has 0 amide bonds. The van der Waals surface area contributed by atoms with Gasteiger partial charge in [-0.1, -0.05) is 37.9 Å². The third-order valence-corrected chi connectivity index (χ3v) is 4.42. The maximum atomic E-state index is 13.4. The van der Waals surface area contributed by atoms with Gasteiger partial charge in [0.2, 0.25) is 0 Å². The molecule has 0 spiro atoms. The van der Waals surface area contributed by atoms with E-state index in [1.165, 1.54) is 12.1 Å². The summed E-state index contributed by atoms with van der Waals surface area (Å²) in [5.41, 5.74) is 5.04. The molecule has 0 bridgehead atoms. The van der Waals surface area contributed by atoms with Crippen LogP contribution in [0.2, 0.25) is 5.02 Å². The van der Waals surface area contributed by atoms with Crippen LogP contribution in [0.15, 0.2) is 42.7 Å². The maximum absolute atomic E-state index is 13.4. The van der Waals surface area contributed by atoms with Crippen molar-refractivity contribution in [2.24, 2.45) is 0 Å². The summed E-state index contributed by atoms with van der Waals surface area (Å²) >= 11 is 6.25. The molecule has 1 atom stereocenters. The Morgan fingerprint density at radius 1 is 1.35 bits per heavy atom. The minimum atomic E-state index is -0.755. The number of rotatable bonds is 9. The zero-order valence-corrected chi connectivity index (χ0v) is 16.0. The van der Waals surface area contributed by atoms with E-state index in [2.05, 4.69) is 17.4 Å². The first-order chi connectivity index (χ1) is 12.5. The monoisotopic (exact) mass is 378 g/mol. The van der Waals surface area contributed by atoms with E-state index in [0.29, 0.717) is 17.7 Å². The Morgan fingerprint density at radius 3 is 2.73 bits per heavy atom. The molecule has 0 saturated carbocycles. The van der Waals surface area contributed by atoms with Gasteiger partial charge < -0.3 is 4.74 Å². The largest absolute Gasteiger partial charge is 0.351 e. The van der Waals surface area contributed by atoms with Crippen molar-refractivity contribution < 1.29 is 14.0 Å². The van der Waals surface area contributed by atoms with Gasteiger partial charge >= 0.3 is 0 Å². The van der Waals surface area contributed by atoms with E-state index in [0.717, 1.165) is 18.4 Å². The van der Waals surface area contributed by atoms with Crippen molar-refractivity contribution in [3.05, 3.63) is 64.7 Å². The first-order valence-electron chi connectivity index (χ1n) is 8.60. The highest BCUT2D eigenvalue weighted by molar-refractivity contribution is 6.32. The molecule has 0 aliphatic carbocycles.